The van der Waals surface area contributed by atoms with Gasteiger partial charge in [-0.1, -0.05) is 31.4 Å². The second kappa shape index (κ2) is 9.74. The van der Waals surface area contributed by atoms with Crippen molar-refractivity contribution in [1.29, 1.82) is 0 Å². The number of fused-ring (bicyclic) bond motifs is 1. The standard InChI is InChI=1S/C26H31N3O2S/c1-17-9-10-19-15-20(25(30)28-24(19)18(17)2)16-29(22-7-5-4-6-8-22)26(32)27-21-11-13-23(31-3)14-12-21/h9-15,22H,4-8,16H2,1-3H3,(H,27,32)(H,28,30). The molecule has 4 rings (SSSR count). The predicted octanol–water partition coefficient (Wildman–Crippen LogP) is 5.69. The molecule has 5 nitrogen and oxygen atoms in total. The van der Waals surface area contributed by atoms with Crippen molar-refractivity contribution in [2.45, 2.75) is 58.5 Å². The summed E-state index contributed by atoms with van der Waals surface area (Å²) >= 11 is 5.85. The largest absolute Gasteiger partial charge is 0.497 e. The Kier molecular flexibility index (Phi) is 6.80. The molecule has 1 fully saturated rings. The van der Waals surface area contributed by atoms with Crippen LogP contribution in [-0.2, 0) is 6.54 Å². The number of hydrogen-bond donors (Lipinski definition) is 2. The summed E-state index contributed by atoms with van der Waals surface area (Å²) in [5.74, 6) is 0.804. The molecule has 0 atom stereocenters. The van der Waals surface area contributed by atoms with Crippen molar-refractivity contribution >= 4 is 33.9 Å². The summed E-state index contributed by atoms with van der Waals surface area (Å²) in [6.45, 7) is 4.61. The first-order valence-corrected chi connectivity index (χ1v) is 11.7. The number of aryl methyl sites for hydroxylation is 2. The van der Waals surface area contributed by atoms with Crippen molar-refractivity contribution in [2.75, 3.05) is 12.4 Å². The van der Waals surface area contributed by atoms with E-state index in [1.165, 1.54) is 24.8 Å². The number of benzene rings is 2. The first kappa shape index (κ1) is 22.3. The lowest BCUT2D eigenvalue weighted by molar-refractivity contribution is 0.240. The van der Waals surface area contributed by atoms with Gasteiger partial charge in [0, 0.05) is 17.3 Å². The summed E-state index contributed by atoms with van der Waals surface area (Å²) in [6.07, 6.45) is 5.83. The maximum Gasteiger partial charge on any atom is 0.253 e. The Morgan fingerprint density at radius 1 is 1.12 bits per heavy atom. The Morgan fingerprint density at radius 2 is 1.84 bits per heavy atom. The molecule has 0 saturated heterocycles. The number of nitrogens with one attached hydrogen (secondary N) is 2. The summed E-state index contributed by atoms with van der Waals surface area (Å²) in [7, 11) is 1.65. The van der Waals surface area contributed by atoms with Gasteiger partial charge in [0.05, 0.1) is 19.2 Å². The van der Waals surface area contributed by atoms with E-state index in [1.807, 2.05) is 30.3 Å². The fourth-order valence-corrected chi connectivity index (χ4v) is 4.83. The van der Waals surface area contributed by atoms with Crippen LogP contribution in [0.1, 0.15) is 48.8 Å². The fraction of sp³-hybridized carbons (Fsp3) is 0.385. The highest BCUT2D eigenvalue weighted by molar-refractivity contribution is 7.80. The molecule has 0 unspecified atom stereocenters. The second-order valence-corrected chi connectivity index (χ2v) is 9.06. The molecule has 0 spiro atoms. The van der Waals surface area contributed by atoms with Gasteiger partial charge in [0.15, 0.2) is 5.11 Å². The highest BCUT2D eigenvalue weighted by Gasteiger charge is 2.24. The van der Waals surface area contributed by atoms with Gasteiger partial charge in [-0.2, -0.15) is 0 Å². The van der Waals surface area contributed by atoms with Crippen LogP contribution < -0.4 is 15.6 Å². The fourth-order valence-electron chi connectivity index (χ4n) is 4.50. The molecule has 0 radical (unpaired) electrons. The quantitative estimate of drug-likeness (QED) is 0.491. The van der Waals surface area contributed by atoms with Gasteiger partial charge in [-0.15, -0.1) is 0 Å². The summed E-state index contributed by atoms with van der Waals surface area (Å²) in [5.41, 5.74) is 4.82. The van der Waals surface area contributed by atoms with E-state index in [1.54, 1.807) is 7.11 Å². The molecule has 0 amide bonds. The molecule has 168 valence electrons. The Morgan fingerprint density at radius 3 is 2.53 bits per heavy atom. The van der Waals surface area contributed by atoms with Gasteiger partial charge in [-0.05, 0) is 85.8 Å². The molecule has 1 aliphatic carbocycles. The van der Waals surface area contributed by atoms with Gasteiger partial charge in [0.1, 0.15) is 5.75 Å². The molecular weight excluding hydrogens is 418 g/mol. The van der Waals surface area contributed by atoms with E-state index in [9.17, 15) is 4.79 Å². The van der Waals surface area contributed by atoms with Crippen LogP contribution >= 0.6 is 12.2 Å². The molecule has 1 aromatic heterocycles. The maximum atomic E-state index is 13.0. The SMILES string of the molecule is COc1ccc(NC(=S)N(Cc2cc3ccc(C)c(C)c3[nH]c2=O)C2CCCCC2)cc1. The number of nitrogens with zero attached hydrogens (tertiary/aromatic N) is 1. The van der Waals surface area contributed by atoms with Crippen LogP contribution in [-0.4, -0.2) is 28.1 Å². The lowest BCUT2D eigenvalue weighted by Gasteiger charge is -2.36. The van der Waals surface area contributed by atoms with Gasteiger partial charge in [0.2, 0.25) is 0 Å². The average Bonchev–Trinajstić information content (AvgIpc) is 2.81. The minimum atomic E-state index is -0.0424. The first-order chi connectivity index (χ1) is 15.5. The normalized spacial score (nSPS) is 14.3. The number of H-pyrrole nitrogens is 1. The highest BCUT2D eigenvalue weighted by Crippen LogP contribution is 2.26. The molecule has 32 heavy (non-hydrogen) atoms. The third-order valence-corrected chi connectivity index (χ3v) is 6.92. The predicted molar refractivity (Wildman–Crippen MR) is 136 cm³/mol. The molecule has 6 heteroatoms. The van der Waals surface area contributed by atoms with Crippen LogP contribution in [0, 0.1) is 13.8 Å². The molecule has 0 bridgehead atoms. The Balaban J connectivity index is 1.63. The molecule has 2 N–H and O–H groups in total. The maximum absolute atomic E-state index is 13.0. The number of aromatic amines is 1. The smallest absolute Gasteiger partial charge is 0.253 e. The summed E-state index contributed by atoms with van der Waals surface area (Å²) in [6, 6.07) is 14.3. The lowest BCUT2D eigenvalue weighted by atomic mass is 9.94. The van der Waals surface area contributed by atoms with E-state index in [0.717, 1.165) is 46.3 Å². The molecular formula is C26H31N3O2S. The molecule has 2 aromatic carbocycles. The van der Waals surface area contributed by atoms with Crippen LogP contribution in [0.5, 0.6) is 5.75 Å². The van der Waals surface area contributed by atoms with Crippen molar-refractivity contribution in [3.63, 3.8) is 0 Å². The van der Waals surface area contributed by atoms with E-state index < -0.39 is 0 Å². The minimum absolute atomic E-state index is 0.0424. The number of thiocarbonyl (C=S) groups is 1. The van der Waals surface area contributed by atoms with Gasteiger partial charge >= 0.3 is 0 Å². The van der Waals surface area contributed by atoms with Crippen LogP contribution in [0.2, 0.25) is 0 Å². The van der Waals surface area contributed by atoms with Crippen molar-refractivity contribution in [3.05, 3.63) is 69.5 Å². The molecule has 0 aliphatic heterocycles. The summed E-state index contributed by atoms with van der Waals surface area (Å²) in [5, 5.41) is 5.08. The summed E-state index contributed by atoms with van der Waals surface area (Å²) < 4.78 is 5.25. The zero-order valence-electron chi connectivity index (χ0n) is 19.0. The number of ether oxygens (including phenoxy) is 1. The van der Waals surface area contributed by atoms with Crippen LogP contribution in [0.3, 0.4) is 0 Å². The van der Waals surface area contributed by atoms with Crippen LogP contribution in [0.15, 0.2) is 47.3 Å². The Labute approximate surface area is 194 Å². The second-order valence-electron chi connectivity index (χ2n) is 8.67. The van der Waals surface area contributed by atoms with Crippen molar-refractivity contribution in [1.82, 2.24) is 9.88 Å². The number of hydrogen-bond acceptors (Lipinski definition) is 3. The van der Waals surface area contributed by atoms with Crippen LogP contribution in [0.25, 0.3) is 10.9 Å². The number of rotatable bonds is 5. The van der Waals surface area contributed by atoms with Gasteiger partial charge in [-0.3, -0.25) is 4.79 Å². The van der Waals surface area contributed by atoms with E-state index in [4.69, 9.17) is 17.0 Å². The first-order valence-electron chi connectivity index (χ1n) is 11.3. The van der Waals surface area contributed by atoms with E-state index >= 15 is 0 Å². The number of aromatic nitrogens is 1. The third kappa shape index (κ3) is 4.80. The molecule has 1 heterocycles. The number of anilines is 1. The van der Waals surface area contributed by atoms with Crippen molar-refractivity contribution in [2.24, 2.45) is 0 Å². The zero-order valence-corrected chi connectivity index (χ0v) is 19.8. The average molecular weight is 450 g/mol. The van der Waals surface area contributed by atoms with Crippen molar-refractivity contribution < 1.29 is 4.74 Å². The van der Waals surface area contributed by atoms with E-state index in [2.05, 4.69) is 41.2 Å². The van der Waals surface area contributed by atoms with Crippen LogP contribution in [0.4, 0.5) is 5.69 Å². The number of methoxy groups -OCH3 is 1. The van der Waals surface area contributed by atoms with Gasteiger partial charge in [0.25, 0.3) is 5.56 Å². The van der Waals surface area contributed by atoms with Gasteiger partial charge < -0.3 is 19.9 Å². The van der Waals surface area contributed by atoms with Gasteiger partial charge in [-0.25, -0.2) is 0 Å². The number of pyridine rings is 1. The molecule has 1 aliphatic rings. The highest BCUT2D eigenvalue weighted by atomic mass is 32.1. The molecule has 3 aromatic rings. The topological polar surface area (TPSA) is 57.4 Å². The molecule has 1 saturated carbocycles. The third-order valence-electron chi connectivity index (χ3n) is 6.59. The minimum Gasteiger partial charge on any atom is -0.497 e. The Hall–Kier alpha value is -2.86. The van der Waals surface area contributed by atoms with E-state index in [-0.39, 0.29) is 5.56 Å². The monoisotopic (exact) mass is 449 g/mol. The lowest BCUT2D eigenvalue weighted by Crippen LogP contribution is -2.44. The van der Waals surface area contributed by atoms with Crippen molar-refractivity contribution in [3.8, 4) is 5.75 Å². The zero-order chi connectivity index (χ0) is 22.7. The van der Waals surface area contributed by atoms with E-state index in [0.29, 0.717) is 17.7 Å². The summed E-state index contributed by atoms with van der Waals surface area (Å²) in [4.78, 5) is 18.3. The Bertz CT molecular complexity index is 1160.